The van der Waals surface area contributed by atoms with E-state index in [1.807, 2.05) is 0 Å². The SMILES string of the molecule is CCN1C=C(CNCC2CCN(c3ncc(C(=O)NOC4CCCCO4)cn3)CC2)C2C=CC=CC21. The van der Waals surface area contributed by atoms with E-state index in [9.17, 15) is 4.79 Å². The van der Waals surface area contributed by atoms with Crippen molar-refractivity contribution in [1.29, 1.82) is 0 Å². The minimum atomic E-state index is -0.377. The molecule has 3 aliphatic heterocycles. The first-order valence-electron chi connectivity index (χ1n) is 13.4. The number of rotatable bonds is 9. The molecule has 9 nitrogen and oxygen atoms in total. The first kappa shape index (κ1) is 24.9. The predicted octanol–water partition coefficient (Wildman–Crippen LogP) is 2.80. The van der Waals surface area contributed by atoms with Gasteiger partial charge in [-0.25, -0.2) is 20.3 Å². The predicted molar refractivity (Wildman–Crippen MR) is 138 cm³/mol. The Hall–Kier alpha value is -2.75. The van der Waals surface area contributed by atoms with E-state index in [-0.39, 0.29) is 12.2 Å². The Bertz CT molecular complexity index is 964. The van der Waals surface area contributed by atoms with E-state index < -0.39 is 0 Å². The van der Waals surface area contributed by atoms with Crippen LogP contribution in [0.2, 0.25) is 0 Å². The minimum absolute atomic E-state index is 0.356. The molecule has 1 aromatic heterocycles. The molecule has 0 bridgehead atoms. The van der Waals surface area contributed by atoms with Gasteiger partial charge in [-0.1, -0.05) is 24.3 Å². The van der Waals surface area contributed by atoms with Crippen LogP contribution < -0.4 is 15.7 Å². The molecule has 9 heteroatoms. The third-order valence-corrected chi connectivity index (χ3v) is 7.59. The molecule has 194 valence electrons. The van der Waals surface area contributed by atoms with Gasteiger partial charge in [0.05, 0.1) is 11.6 Å². The molecule has 4 aliphatic rings. The van der Waals surface area contributed by atoms with E-state index in [0.29, 0.717) is 36.0 Å². The number of nitrogens with zero attached hydrogens (tertiary/aromatic N) is 4. The number of aromatic nitrogens is 2. The second-order valence-electron chi connectivity index (χ2n) is 10.00. The van der Waals surface area contributed by atoms with Crippen molar-refractivity contribution >= 4 is 11.9 Å². The van der Waals surface area contributed by atoms with E-state index in [4.69, 9.17) is 9.57 Å². The number of nitrogens with one attached hydrogen (secondary N) is 2. The molecule has 1 aromatic rings. The lowest BCUT2D eigenvalue weighted by Gasteiger charge is -2.32. The second kappa shape index (κ2) is 12.0. The van der Waals surface area contributed by atoms with Crippen LogP contribution in [0.25, 0.3) is 0 Å². The fraction of sp³-hybridized carbons (Fsp3) is 0.593. The van der Waals surface area contributed by atoms with E-state index in [1.165, 1.54) is 5.57 Å². The monoisotopic (exact) mass is 494 g/mol. The van der Waals surface area contributed by atoms with E-state index in [2.05, 4.69) is 68.0 Å². The van der Waals surface area contributed by atoms with Crippen LogP contribution >= 0.6 is 0 Å². The Balaban J connectivity index is 1.03. The number of amides is 1. The van der Waals surface area contributed by atoms with Gasteiger partial charge in [-0.15, -0.1) is 0 Å². The number of allylic oxidation sites excluding steroid dienone is 2. The lowest BCUT2D eigenvalue weighted by atomic mass is 9.90. The van der Waals surface area contributed by atoms with Crippen LogP contribution in [0.4, 0.5) is 5.95 Å². The maximum absolute atomic E-state index is 12.3. The van der Waals surface area contributed by atoms with Gasteiger partial charge in [-0.2, -0.15) is 0 Å². The number of hydroxylamine groups is 1. The number of carbonyl (C=O) groups excluding carboxylic acids is 1. The van der Waals surface area contributed by atoms with Crippen molar-refractivity contribution in [2.45, 2.75) is 51.4 Å². The Morgan fingerprint density at radius 2 is 1.94 bits per heavy atom. The number of fused-ring (bicyclic) bond motifs is 1. The first-order chi connectivity index (χ1) is 17.7. The van der Waals surface area contributed by atoms with E-state index in [1.54, 1.807) is 12.4 Å². The molecule has 2 saturated heterocycles. The Morgan fingerprint density at radius 1 is 1.14 bits per heavy atom. The Kier molecular flexibility index (Phi) is 8.30. The molecule has 0 radical (unpaired) electrons. The molecule has 3 atom stereocenters. The van der Waals surface area contributed by atoms with Crippen molar-refractivity contribution in [3.63, 3.8) is 0 Å². The summed E-state index contributed by atoms with van der Waals surface area (Å²) >= 11 is 0. The van der Waals surface area contributed by atoms with Crippen LogP contribution in [-0.4, -0.2) is 72.4 Å². The van der Waals surface area contributed by atoms with Gasteiger partial charge in [-0.05, 0) is 50.6 Å². The fourth-order valence-corrected chi connectivity index (χ4v) is 5.45. The highest BCUT2D eigenvalue weighted by molar-refractivity contribution is 5.92. The fourth-order valence-electron chi connectivity index (χ4n) is 5.45. The highest BCUT2D eigenvalue weighted by Gasteiger charge is 2.31. The number of ether oxygens (including phenoxy) is 1. The molecule has 1 aliphatic carbocycles. The first-order valence-corrected chi connectivity index (χ1v) is 13.4. The standard InChI is InChI=1S/C27H38N6O3/c1-2-32-19-22(23-7-3-4-8-24(23)32)16-28-15-20-10-12-33(13-11-20)27-29-17-21(18-30-27)26(34)31-36-25-9-5-6-14-35-25/h3-4,7-8,17-20,23-25,28H,2,5-6,9-16H2,1H3,(H,31,34). The van der Waals surface area contributed by atoms with Crippen LogP contribution in [0.1, 0.15) is 49.4 Å². The number of piperidine rings is 1. The quantitative estimate of drug-likeness (QED) is 0.507. The number of anilines is 1. The summed E-state index contributed by atoms with van der Waals surface area (Å²) in [6.45, 7) is 7.74. The summed E-state index contributed by atoms with van der Waals surface area (Å²) < 4.78 is 5.46. The summed E-state index contributed by atoms with van der Waals surface area (Å²) in [5.41, 5.74) is 4.31. The third-order valence-electron chi connectivity index (χ3n) is 7.59. The normalized spacial score (nSPS) is 26.1. The Labute approximate surface area is 213 Å². The van der Waals surface area contributed by atoms with Crippen molar-refractivity contribution in [2.24, 2.45) is 11.8 Å². The van der Waals surface area contributed by atoms with Gasteiger partial charge in [0, 0.05) is 63.7 Å². The highest BCUT2D eigenvalue weighted by atomic mass is 16.8. The molecule has 3 unspecified atom stereocenters. The van der Waals surface area contributed by atoms with Crippen molar-refractivity contribution in [3.05, 3.63) is 54.0 Å². The maximum atomic E-state index is 12.3. The van der Waals surface area contributed by atoms with Crippen molar-refractivity contribution in [3.8, 4) is 0 Å². The topological polar surface area (TPSA) is 91.9 Å². The van der Waals surface area contributed by atoms with Gasteiger partial charge in [0.2, 0.25) is 5.95 Å². The zero-order chi connectivity index (χ0) is 24.7. The largest absolute Gasteiger partial charge is 0.370 e. The summed E-state index contributed by atoms with van der Waals surface area (Å²) in [4.78, 5) is 31.2. The molecule has 5 rings (SSSR count). The summed E-state index contributed by atoms with van der Waals surface area (Å²) in [6, 6.07) is 0.482. The summed E-state index contributed by atoms with van der Waals surface area (Å²) in [5.74, 6) is 1.46. The summed E-state index contributed by atoms with van der Waals surface area (Å²) in [7, 11) is 0. The van der Waals surface area contributed by atoms with Crippen LogP contribution in [0.15, 0.2) is 48.5 Å². The van der Waals surface area contributed by atoms with Crippen LogP contribution in [0.5, 0.6) is 0 Å². The zero-order valence-electron chi connectivity index (χ0n) is 21.1. The molecular weight excluding hydrogens is 456 g/mol. The molecule has 0 aromatic carbocycles. The van der Waals surface area contributed by atoms with Gasteiger partial charge in [0.15, 0.2) is 6.29 Å². The lowest BCUT2D eigenvalue weighted by molar-refractivity contribution is -0.186. The average Bonchev–Trinajstić information content (AvgIpc) is 3.30. The molecule has 0 spiro atoms. The molecule has 4 heterocycles. The van der Waals surface area contributed by atoms with Crippen LogP contribution in [0, 0.1) is 11.8 Å². The Morgan fingerprint density at radius 3 is 2.69 bits per heavy atom. The average molecular weight is 495 g/mol. The molecule has 1 amide bonds. The molecule has 2 fully saturated rings. The van der Waals surface area contributed by atoms with Gasteiger partial charge in [0.25, 0.3) is 5.91 Å². The number of hydrogen-bond donors (Lipinski definition) is 2. The van der Waals surface area contributed by atoms with E-state index >= 15 is 0 Å². The number of carbonyl (C=O) groups is 1. The second-order valence-corrected chi connectivity index (χ2v) is 10.00. The number of likely N-dealkylation sites (N-methyl/N-ethyl adjacent to an activating group) is 1. The lowest BCUT2D eigenvalue weighted by Crippen LogP contribution is -2.39. The van der Waals surface area contributed by atoms with Crippen LogP contribution in [-0.2, 0) is 9.57 Å². The van der Waals surface area contributed by atoms with Gasteiger partial charge in [-0.3, -0.25) is 4.79 Å². The van der Waals surface area contributed by atoms with E-state index in [0.717, 1.165) is 64.8 Å². The minimum Gasteiger partial charge on any atom is -0.370 e. The van der Waals surface area contributed by atoms with Crippen LogP contribution in [0.3, 0.4) is 0 Å². The van der Waals surface area contributed by atoms with Crippen molar-refractivity contribution in [1.82, 2.24) is 25.7 Å². The summed E-state index contributed by atoms with van der Waals surface area (Å²) in [5, 5.41) is 3.72. The van der Waals surface area contributed by atoms with Gasteiger partial charge < -0.3 is 19.9 Å². The number of hydrogen-bond acceptors (Lipinski definition) is 8. The van der Waals surface area contributed by atoms with Crippen molar-refractivity contribution < 1.29 is 14.4 Å². The molecule has 36 heavy (non-hydrogen) atoms. The van der Waals surface area contributed by atoms with Crippen molar-refractivity contribution in [2.75, 3.05) is 44.2 Å². The summed E-state index contributed by atoms with van der Waals surface area (Å²) in [6.07, 6.45) is 19.1. The van der Waals surface area contributed by atoms with Gasteiger partial charge in [0.1, 0.15) is 0 Å². The molecule has 2 N–H and O–H groups in total. The maximum Gasteiger partial charge on any atom is 0.278 e. The smallest absolute Gasteiger partial charge is 0.278 e. The molecular formula is C27H38N6O3. The molecule has 0 saturated carbocycles. The highest BCUT2D eigenvalue weighted by Crippen LogP contribution is 2.32. The third kappa shape index (κ3) is 5.96. The zero-order valence-corrected chi connectivity index (χ0v) is 21.1. The van der Waals surface area contributed by atoms with Gasteiger partial charge >= 0.3 is 0 Å².